The Labute approximate surface area is 75.6 Å². The molecule has 0 fully saturated rings. The molecule has 1 aromatic carbocycles. The maximum atomic E-state index is 2.33. The molecular formula is C12H18. The van der Waals surface area contributed by atoms with E-state index >= 15 is 0 Å². The summed E-state index contributed by atoms with van der Waals surface area (Å²) in [5.74, 6) is 0.792. The average molecular weight is 162 g/mol. The average Bonchev–Trinajstić information content (AvgIpc) is 2.06. The Morgan fingerprint density at radius 3 is 2.75 bits per heavy atom. The van der Waals surface area contributed by atoms with E-state index in [9.17, 15) is 0 Å². The highest BCUT2D eigenvalue weighted by molar-refractivity contribution is 5.31. The van der Waals surface area contributed by atoms with Crippen LogP contribution >= 0.6 is 0 Å². The van der Waals surface area contributed by atoms with Gasteiger partial charge < -0.3 is 0 Å². The van der Waals surface area contributed by atoms with Crippen molar-refractivity contribution in [3.05, 3.63) is 35.4 Å². The molecule has 1 aromatic rings. The molecular weight excluding hydrogens is 144 g/mol. The van der Waals surface area contributed by atoms with Crippen molar-refractivity contribution in [2.75, 3.05) is 0 Å². The molecule has 66 valence electrons. The molecule has 0 radical (unpaired) electrons. The molecule has 0 amide bonds. The third-order valence-corrected chi connectivity index (χ3v) is 2.67. The molecule has 0 saturated heterocycles. The van der Waals surface area contributed by atoms with Crippen molar-refractivity contribution < 1.29 is 0 Å². The zero-order chi connectivity index (χ0) is 7.68. The Morgan fingerprint density at radius 2 is 2.00 bits per heavy atom. The number of benzene rings is 1. The minimum atomic E-state index is 0. The Balaban J connectivity index is 0.000000720. The van der Waals surface area contributed by atoms with E-state index in [-0.39, 0.29) is 7.43 Å². The van der Waals surface area contributed by atoms with Crippen LogP contribution in [0.25, 0.3) is 0 Å². The molecule has 2 rings (SSSR count). The first-order chi connectivity index (χ1) is 5.38. The van der Waals surface area contributed by atoms with E-state index in [2.05, 4.69) is 31.2 Å². The second kappa shape index (κ2) is 3.75. The van der Waals surface area contributed by atoms with Gasteiger partial charge in [0.2, 0.25) is 0 Å². The van der Waals surface area contributed by atoms with Gasteiger partial charge in [0.15, 0.2) is 0 Å². The summed E-state index contributed by atoms with van der Waals surface area (Å²) in [7, 11) is 0. The van der Waals surface area contributed by atoms with E-state index in [1.54, 1.807) is 11.1 Å². The molecule has 0 heterocycles. The summed E-state index contributed by atoms with van der Waals surface area (Å²) in [5, 5.41) is 0. The molecule has 0 aliphatic heterocycles. The van der Waals surface area contributed by atoms with E-state index in [1.165, 1.54) is 19.3 Å². The fourth-order valence-corrected chi connectivity index (χ4v) is 2.00. The van der Waals surface area contributed by atoms with E-state index in [4.69, 9.17) is 0 Å². The molecule has 1 aliphatic carbocycles. The number of aryl methyl sites for hydroxylation is 1. The highest BCUT2D eigenvalue weighted by atomic mass is 14.2. The topological polar surface area (TPSA) is 0 Å². The maximum absolute atomic E-state index is 2.33. The summed E-state index contributed by atoms with van der Waals surface area (Å²) >= 11 is 0. The van der Waals surface area contributed by atoms with Gasteiger partial charge in [-0.25, -0.2) is 0 Å². The molecule has 1 aliphatic rings. The third kappa shape index (κ3) is 1.52. The molecule has 12 heavy (non-hydrogen) atoms. The molecule has 0 heteroatoms. The monoisotopic (exact) mass is 162 g/mol. The minimum Gasteiger partial charge on any atom is -0.0776 e. The quantitative estimate of drug-likeness (QED) is 0.545. The summed E-state index contributed by atoms with van der Waals surface area (Å²) in [5.41, 5.74) is 3.16. The first-order valence-corrected chi connectivity index (χ1v) is 4.46. The lowest BCUT2D eigenvalue weighted by Gasteiger charge is -2.21. The Hall–Kier alpha value is -0.780. The van der Waals surface area contributed by atoms with Crippen molar-refractivity contribution in [3.8, 4) is 0 Å². The second-order valence-corrected chi connectivity index (χ2v) is 3.49. The van der Waals surface area contributed by atoms with Crippen LogP contribution in [-0.4, -0.2) is 0 Å². The van der Waals surface area contributed by atoms with Crippen LogP contribution in [0.2, 0.25) is 0 Å². The van der Waals surface area contributed by atoms with E-state index in [0.29, 0.717) is 0 Å². The van der Waals surface area contributed by atoms with Crippen LogP contribution < -0.4 is 0 Å². The van der Waals surface area contributed by atoms with Gasteiger partial charge in [-0.2, -0.15) is 0 Å². The highest BCUT2D eigenvalue weighted by Crippen LogP contribution is 2.30. The van der Waals surface area contributed by atoms with Crippen molar-refractivity contribution in [1.29, 1.82) is 0 Å². The van der Waals surface area contributed by atoms with Crippen molar-refractivity contribution in [3.63, 3.8) is 0 Å². The van der Waals surface area contributed by atoms with Gasteiger partial charge in [-0.3, -0.25) is 0 Å². The Kier molecular flexibility index (Phi) is 2.91. The van der Waals surface area contributed by atoms with E-state index in [0.717, 1.165) is 5.92 Å². The van der Waals surface area contributed by atoms with Crippen molar-refractivity contribution >= 4 is 0 Å². The van der Waals surface area contributed by atoms with E-state index < -0.39 is 0 Å². The molecule has 0 spiro atoms. The zero-order valence-electron chi connectivity index (χ0n) is 7.01. The molecule has 1 unspecified atom stereocenters. The second-order valence-electron chi connectivity index (χ2n) is 3.49. The van der Waals surface area contributed by atoms with Crippen LogP contribution in [0.4, 0.5) is 0 Å². The minimum absolute atomic E-state index is 0. The normalized spacial score (nSPS) is 20.9. The van der Waals surface area contributed by atoms with Crippen molar-refractivity contribution in [1.82, 2.24) is 0 Å². The molecule has 0 N–H and O–H groups in total. The lowest BCUT2D eigenvalue weighted by atomic mass is 9.84. The fraction of sp³-hybridized carbons (Fsp3) is 0.500. The lowest BCUT2D eigenvalue weighted by Crippen LogP contribution is -2.05. The fourth-order valence-electron chi connectivity index (χ4n) is 2.00. The Bertz CT molecular complexity index is 250. The molecule has 0 nitrogen and oxygen atoms in total. The summed E-state index contributed by atoms with van der Waals surface area (Å²) < 4.78 is 0. The van der Waals surface area contributed by atoms with E-state index in [1.807, 2.05) is 0 Å². The molecule has 0 saturated carbocycles. The van der Waals surface area contributed by atoms with Gasteiger partial charge in [0.25, 0.3) is 0 Å². The maximum Gasteiger partial charge on any atom is -0.0188 e. The molecule has 1 atom stereocenters. The van der Waals surface area contributed by atoms with Gasteiger partial charge in [0.1, 0.15) is 0 Å². The van der Waals surface area contributed by atoms with Crippen LogP contribution in [0.15, 0.2) is 24.3 Å². The number of rotatable bonds is 0. The number of hydrogen-bond acceptors (Lipinski definition) is 0. The predicted octanol–water partition coefficient (Wildman–Crippen LogP) is 3.76. The molecule has 0 bridgehead atoms. The third-order valence-electron chi connectivity index (χ3n) is 2.67. The van der Waals surface area contributed by atoms with Crippen LogP contribution in [0.3, 0.4) is 0 Å². The van der Waals surface area contributed by atoms with Crippen LogP contribution in [0, 0.1) is 0 Å². The van der Waals surface area contributed by atoms with Gasteiger partial charge in [-0.15, -0.1) is 0 Å². The molecule has 0 aromatic heterocycles. The van der Waals surface area contributed by atoms with Crippen LogP contribution in [0.5, 0.6) is 0 Å². The van der Waals surface area contributed by atoms with Crippen molar-refractivity contribution in [2.45, 2.75) is 39.5 Å². The van der Waals surface area contributed by atoms with Gasteiger partial charge in [-0.05, 0) is 36.3 Å². The predicted molar refractivity (Wildman–Crippen MR) is 54.5 cm³/mol. The number of fused-ring (bicyclic) bond motifs is 1. The van der Waals surface area contributed by atoms with Crippen LogP contribution in [0.1, 0.15) is 44.2 Å². The summed E-state index contributed by atoms with van der Waals surface area (Å²) in [6.07, 6.45) is 4.04. The first-order valence-electron chi connectivity index (χ1n) is 4.46. The summed E-state index contributed by atoms with van der Waals surface area (Å²) in [6, 6.07) is 8.85. The Morgan fingerprint density at radius 1 is 1.25 bits per heavy atom. The zero-order valence-corrected chi connectivity index (χ0v) is 7.01. The smallest absolute Gasteiger partial charge is 0.0188 e. The van der Waals surface area contributed by atoms with Gasteiger partial charge in [-0.1, -0.05) is 38.6 Å². The number of hydrogen-bond donors (Lipinski definition) is 0. The van der Waals surface area contributed by atoms with Gasteiger partial charge in [0.05, 0.1) is 0 Å². The SMILES string of the molecule is C.CC1CCCc2ccccc21. The largest absolute Gasteiger partial charge is 0.0776 e. The lowest BCUT2D eigenvalue weighted by molar-refractivity contribution is 0.590. The standard InChI is InChI=1S/C11H14.CH4/c1-9-5-4-7-10-6-2-3-8-11(9)10;/h2-3,6,8-9H,4-5,7H2,1H3;1H4. The summed E-state index contributed by atoms with van der Waals surface area (Å²) in [4.78, 5) is 0. The van der Waals surface area contributed by atoms with Gasteiger partial charge >= 0.3 is 0 Å². The summed E-state index contributed by atoms with van der Waals surface area (Å²) in [6.45, 7) is 2.33. The highest BCUT2D eigenvalue weighted by Gasteiger charge is 2.14. The van der Waals surface area contributed by atoms with Gasteiger partial charge in [0, 0.05) is 0 Å². The van der Waals surface area contributed by atoms with Crippen LogP contribution in [-0.2, 0) is 6.42 Å². The van der Waals surface area contributed by atoms with Crippen molar-refractivity contribution in [2.24, 2.45) is 0 Å². The first kappa shape index (κ1) is 9.31.